The third-order valence-electron chi connectivity index (χ3n) is 2.81. The van der Waals surface area contributed by atoms with E-state index in [0.29, 0.717) is 17.1 Å². The summed E-state index contributed by atoms with van der Waals surface area (Å²) in [6.07, 6.45) is 1.74. The van der Waals surface area contributed by atoms with E-state index in [2.05, 4.69) is 5.32 Å². The van der Waals surface area contributed by atoms with Crippen LogP contribution in [0.5, 0.6) is 11.5 Å². The number of carbonyl (C=O) groups excluding carboxylic acids is 2. The fraction of sp³-hybridized carbons (Fsp3) is 0.333. The van der Waals surface area contributed by atoms with Gasteiger partial charge in [0.2, 0.25) is 5.91 Å². The highest BCUT2D eigenvalue weighted by Crippen LogP contribution is 2.34. The lowest BCUT2D eigenvalue weighted by atomic mass is 10.1. The van der Waals surface area contributed by atoms with Crippen LogP contribution >= 0.6 is 0 Å². The number of hydrogen-bond donors (Lipinski definition) is 1. The molecular formula is C15H17NO4. The van der Waals surface area contributed by atoms with Crippen LogP contribution in [-0.2, 0) is 9.59 Å². The van der Waals surface area contributed by atoms with Crippen molar-refractivity contribution in [3.8, 4) is 11.5 Å². The third kappa shape index (κ3) is 2.99. The second kappa shape index (κ2) is 5.77. The van der Waals surface area contributed by atoms with Gasteiger partial charge in [-0.25, -0.2) is 0 Å². The molecule has 0 aliphatic carbocycles. The molecule has 5 nitrogen and oxygen atoms in total. The molecule has 1 N–H and O–H groups in total. The number of benzene rings is 1. The van der Waals surface area contributed by atoms with Crippen molar-refractivity contribution in [1.29, 1.82) is 0 Å². The molecule has 106 valence electrons. The van der Waals surface area contributed by atoms with Gasteiger partial charge in [-0.3, -0.25) is 14.9 Å². The van der Waals surface area contributed by atoms with Gasteiger partial charge >= 0.3 is 0 Å². The second-order valence-electron chi connectivity index (χ2n) is 4.77. The molecule has 20 heavy (non-hydrogen) atoms. The number of imide groups is 1. The predicted molar refractivity (Wildman–Crippen MR) is 74.5 cm³/mol. The second-order valence-corrected chi connectivity index (χ2v) is 4.77. The molecule has 0 unspecified atom stereocenters. The minimum Gasteiger partial charge on any atom is -0.493 e. The van der Waals surface area contributed by atoms with E-state index >= 15 is 0 Å². The number of ether oxygens (including phenoxy) is 2. The smallest absolute Gasteiger partial charge is 0.254 e. The molecule has 0 radical (unpaired) electrons. The molecule has 0 saturated carbocycles. The molecule has 1 heterocycles. The highest BCUT2D eigenvalue weighted by Gasteiger charge is 2.24. The summed E-state index contributed by atoms with van der Waals surface area (Å²) in [5.41, 5.74) is 1.15. The van der Waals surface area contributed by atoms with Crippen LogP contribution in [0.3, 0.4) is 0 Å². The van der Waals surface area contributed by atoms with Crippen LogP contribution in [0.4, 0.5) is 0 Å². The molecule has 0 bridgehead atoms. The fourth-order valence-corrected chi connectivity index (χ4v) is 1.98. The number of hydrogen-bond acceptors (Lipinski definition) is 4. The van der Waals surface area contributed by atoms with Crippen molar-refractivity contribution < 1.29 is 19.1 Å². The Morgan fingerprint density at radius 3 is 2.60 bits per heavy atom. The Kier molecular flexibility index (Phi) is 4.08. The highest BCUT2D eigenvalue weighted by molar-refractivity contribution is 6.15. The topological polar surface area (TPSA) is 64.6 Å². The molecule has 5 heteroatoms. The van der Waals surface area contributed by atoms with Crippen molar-refractivity contribution in [3.05, 3.63) is 29.3 Å². The Morgan fingerprint density at radius 2 is 2.05 bits per heavy atom. The van der Waals surface area contributed by atoms with E-state index in [-0.39, 0.29) is 24.3 Å². The van der Waals surface area contributed by atoms with Gasteiger partial charge in [0.1, 0.15) is 0 Å². The van der Waals surface area contributed by atoms with Gasteiger partial charge in [0.25, 0.3) is 5.91 Å². The van der Waals surface area contributed by atoms with Gasteiger partial charge in [-0.2, -0.15) is 0 Å². The number of rotatable bonds is 4. The molecule has 0 aromatic heterocycles. The van der Waals surface area contributed by atoms with Crippen molar-refractivity contribution >= 4 is 17.9 Å². The van der Waals surface area contributed by atoms with Crippen LogP contribution in [0.1, 0.15) is 25.8 Å². The lowest BCUT2D eigenvalue weighted by molar-refractivity contribution is -0.124. The first-order valence-corrected chi connectivity index (χ1v) is 6.39. The minimum absolute atomic E-state index is 0.0255. The Balaban J connectivity index is 2.43. The third-order valence-corrected chi connectivity index (χ3v) is 2.81. The van der Waals surface area contributed by atoms with Crippen LogP contribution in [0, 0.1) is 0 Å². The molecular weight excluding hydrogens is 258 g/mol. The lowest BCUT2D eigenvalue weighted by Crippen LogP contribution is -2.19. The molecule has 1 fully saturated rings. The number of carbonyl (C=O) groups is 2. The van der Waals surface area contributed by atoms with E-state index in [4.69, 9.17) is 9.47 Å². The maximum Gasteiger partial charge on any atom is 0.254 e. The first kappa shape index (κ1) is 14.1. The zero-order valence-corrected chi connectivity index (χ0v) is 11.7. The Bertz CT molecular complexity index is 575. The molecule has 2 rings (SSSR count). The van der Waals surface area contributed by atoms with Gasteiger partial charge in [-0.15, -0.1) is 0 Å². The zero-order chi connectivity index (χ0) is 14.7. The Labute approximate surface area is 117 Å². The van der Waals surface area contributed by atoms with Crippen molar-refractivity contribution in [3.63, 3.8) is 0 Å². The standard InChI is InChI=1S/C15H17NO4/c1-9(2)20-14-10(5-4-6-12(14)19-3)7-11-8-13(17)16-15(11)18/h4-7,9H,8H2,1-3H3,(H,16,17,18). The van der Waals surface area contributed by atoms with Crippen molar-refractivity contribution in [1.82, 2.24) is 5.32 Å². The SMILES string of the molecule is COc1cccc(C=C2CC(=O)NC2=O)c1OC(C)C. The quantitative estimate of drug-likeness (QED) is 0.673. The van der Waals surface area contributed by atoms with E-state index in [1.165, 1.54) is 0 Å². The summed E-state index contributed by atoms with van der Waals surface area (Å²) in [4.78, 5) is 22.8. The maximum atomic E-state index is 11.6. The monoisotopic (exact) mass is 275 g/mol. The minimum atomic E-state index is -0.353. The van der Waals surface area contributed by atoms with Gasteiger partial charge < -0.3 is 9.47 Å². The van der Waals surface area contributed by atoms with E-state index in [1.54, 1.807) is 19.3 Å². The normalized spacial score (nSPS) is 16.7. The van der Waals surface area contributed by atoms with Crippen LogP contribution < -0.4 is 14.8 Å². The summed E-state index contributed by atoms with van der Waals surface area (Å²) in [6.45, 7) is 3.82. The maximum absolute atomic E-state index is 11.6. The van der Waals surface area contributed by atoms with Crippen molar-refractivity contribution in [2.45, 2.75) is 26.4 Å². The number of para-hydroxylation sites is 1. The van der Waals surface area contributed by atoms with Crippen LogP contribution in [0.15, 0.2) is 23.8 Å². The Hall–Kier alpha value is -2.30. The largest absolute Gasteiger partial charge is 0.493 e. The molecule has 2 amide bonds. The first-order valence-electron chi connectivity index (χ1n) is 6.39. The van der Waals surface area contributed by atoms with E-state index in [1.807, 2.05) is 26.0 Å². The first-order chi connectivity index (χ1) is 9.51. The summed E-state index contributed by atoms with van der Waals surface area (Å²) in [5, 5.41) is 2.26. The summed E-state index contributed by atoms with van der Waals surface area (Å²) in [5.74, 6) is 0.534. The zero-order valence-electron chi connectivity index (χ0n) is 11.7. The fourth-order valence-electron chi connectivity index (χ4n) is 1.98. The van der Waals surface area contributed by atoms with E-state index < -0.39 is 0 Å². The molecule has 1 aliphatic rings. The van der Waals surface area contributed by atoms with Gasteiger partial charge in [0.05, 0.1) is 19.6 Å². The van der Waals surface area contributed by atoms with Gasteiger partial charge in [-0.05, 0) is 26.0 Å². The molecule has 0 atom stereocenters. The average molecular weight is 275 g/mol. The highest BCUT2D eigenvalue weighted by atomic mass is 16.5. The lowest BCUT2D eigenvalue weighted by Gasteiger charge is -2.16. The summed E-state index contributed by atoms with van der Waals surface area (Å²) in [6, 6.07) is 5.43. The molecule has 0 spiro atoms. The molecule has 1 aromatic carbocycles. The van der Waals surface area contributed by atoms with Crippen LogP contribution in [0.25, 0.3) is 6.08 Å². The van der Waals surface area contributed by atoms with E-state index in [0.717, 1.165) is 5.56 Å². The van der Waals surface area contributed by atoms with E-state index in [9.17, 15) is 9.59 Å². The Morgan fingerprint density at radius 1 is 1.30 bits per heavy atom. The summed E-state index contributed by atoms with van der Waals surface area (Å²) in [7, 11) is 1.56. The molecule has 1 aliphatic heterocycles. The molecule has 1 saturated heterocycles. The van der Waals surface area contributed by atoms with Gasteiger partial charge in [0.15, 0.2) is 11.5 Å². The van der Waals surface area contributed by atoms with Gasteiger partial charge in [-0.1, -0.05) is 12.1 Å². The number of methoxy groups -OCH3 is 1. The molecule has 1 aromatic rings. The average Bonchev–Trinajstić information content (AvgIpc) is 2.69. The number of amides is 2. The van der Waals surface area contributed by atoms with Crippen molar-refractivity contribution in [2.24, 2.45) is 0 Å². The number of nitrogens with one attached hydrogen (secondary N) is 1. The van der Waals surface area contributed by atoms with Crippen molar-refractivity contribution in [2.75, 3.05) is 7.11 Å². The van der Waals surface area contributed by atoms with Crippen LogP contribution in [-0.4, -0.2) is 25.0 Å². The van der Waals surface area contributed by atoms with Crippen LogP contribution in [0.2, 0.25) is 0 Å². The predicted octanol–water partition coefficient (Wildman–Crippen LogP) is 1.91. The summed E-state index contributed by atoms with van der Waals surface area (Å²) >= 11 is 0. The van der Waals surface area contributed by atoms with Gasteiger partial charge in [0, 0.05) is 11.1 Å². The summed E-state index contributed by atoms with van der Waals surface area (Å²) < 4.78 is 11.0.